The van der Waals surface area contributed by atoms with Crippen LogP contribution in [0.2, 0.25) is 0 Å². The lowest BCUT2D eigenvalue weighted by molar-refractivity contribution is 0.0355. The van der Waals surface area contributed by atoms with E-state index in [1.165, 1.54) is 83.5 Å². The van der Waals surface area contributed by atoms with E-state index in [1.807, 2.05) is 20.8 Å². The summed E-state index contributed by atoms with van der Waals surface area (Å²) in [7, 11) is 0. The van der Waals surface area contributed by atoms with Crippen LogP contribution in [0.15, 0.2) is 0 Å². The standard InChI is InChI=1S/C28H58N2O4/c1-5-6-7-8-9-10-11-12-13-14-15-16-17-20-23-33-25-26(31)24-29-21-18-19-22-30-27(32)34-28(2,3)4/h26,29,31H,5-25H2,1-4H3,(H,30,32). The Hall–Kier alpha value is -0.850. The van der Waals surface area contributed by atoms with Crippen molar-refractivity contribution in [2.24, 2.45) is 0 Å². The van der Waals surface area contributed by atoms with Gasteiger partial charge in [0.2, 0.25) is 0 Å². The van der Waals surface area contributed by atoms with Gasteiger partial charge in [0.25, 0.3) is 0 Å². The predicted molar refractivity (Wildman–Crippen MR) is 143 cm³/mol. The third kappa shape index (κ3) is 27.4. The number of nitrogens with one attached hydrogen (secondary N) is 2. The molecular weight excluding hydrogens is 428 g/mol. The van der Waals surface area contributed by atoms with Gasteiger partial charge in [-0.05, 0) is 46.6 Å². The Labute approximate surface area is 211 Å². The van der Waals surface area contributed by atoms with E-state index >= 15 is 0 Å². The fourth-order valence-electron chi connectivity index (χ4n) is 3.83. The molecule has 0 aromatic rings. The molecule has 0 fully saturated rings. The largest absolute Gasteiger partial charge is 0.444 e. The molecule has 0 aromatic heterocycles. The van der Waals surface area contributed by atoms with Gasteiger partial charge in [0.05, 0.1) is 12.7 Å². The van der Waals surface area contributed by atoms with Crippen molar-refractivity contribution in [3.8, 4) is 0 Å². The number of carbonyl (C=O) groups is 1. The summed E-state index contributed by atoms with van der Waals surface area (Å²) in [5.41, 5.74) is -0.462. The Morgan fingerprint density at radius 2 is 1.26 bits per heavy atom. The number of rotatable bonds is 24. The Morgan fingerprint density at radius 3 is 1.79 bits per heavy atom. The number of hydrogen-bond acceptors (Lipinski definition) is 5. The van der Waals surface area contributed by atoms with Crippen LogP contribution in [0.4, 0.5) is 4.79 Å². The van der Waals surface area contributed by atoms with Crippen LogP contribution in [0, 0.1) is 0 Å². The highest BCUT2D eigenvalue weighted by Gasteiger charge is 2.15. The van der Waals surface area contributed by atoms with Crippen molar-refractivity contribution in [1.82, 2.24) is 10.6 Å². The molecule has 0 spiro atoms. The molecule has 3 N–H and O–H groups in total. The van der Waals surface area contributed by atoms with Gasteiger partial charge in [-0.2, -0.15) is 0 Å². The van der Waals surface area contributed by atoms with Crippen LogP contribution in [-0.4, -0.2) is 55.8 Å². The topological polar surface area (TPSA) is 79.8 Å². The molecule has 6 heteroatoms. The van der Waals surface area contributed by atoms with Gasteiger partial charge in [-0.3, -0.25) is 0 Å². The van der Waals surface area contributed by atoms with E-state index < -0.39 is 11.7 Å². The molecule has 0 aromatic carbocycles. The zero-order valence-electron chi connectivity index (χ0n) is 23.1. The lowest BCUT2D eigenvalue weighted by Crippen LogP contribution is -2.33. The first-order valence-electron chi connectivity index (χ1n) is 14.3. The monoisotopic (exact) mass is 486 g/mol. The maximum Gasteiger partial charge on any atom is 0.407 e. The number of aliphatic hydroxyl groups is 1. The van der Waals surface area contributed by atoms with Crippen LogP contribution < -0.4 is 10.6 Å². The maximum atomic E-state index is 11.5. The second kappa shape index (κ2) is 23.9. The second-order valence-corrected chi connectivity index (χ2v) is 10.7. The summed E-state index contributed by atoms with van der Waals surface area (Å²) in [4.78, 5) is 11.5. The molecule has 0 heterocycles. The lowest BCUT2D eigenvalue weighted by atomic mass is 10.0. The lowest BCUT2D eigenvalue weighted by Gasteiger charge is -2.19. The summed E-state index contributed by atoms with van der Waals surface area (Å²) in [6.07, 6.45) is 20.0. The molecule has 0 rings (SSSR count). The normalized spacial score (nSPS) is 12.6. The van der Waals surface area contributed by atoms with Gasteiger partial charge in [0.15, 0.2) is 0 Å². The van der Waals surface area contributed by atoms with Crippen molar-refractivity contribution in [1.29, 1.82) is 0 Å². The molecule has 0 saturated heterocycles. The first-order chi connectivity index (χ1) is 16.3. The molecule has 204 valence electrons. The number of unbranched alkanes of at least 4 members (excludes halogenated alkanes) is 14. The molecule has 6 nitrogen and oxygen atoms in total. The summed E-state index contributed by atoms with van der Waals surface area (Å²) in [5.74, 6) is 0. The van der Waals surface area contributed by atoms with Gasteiger partial charge in [-0.15, -0.1) is 0 Å². The molecule has 0 saturated carbocycles. The van der Waals surface area contributed by atoms with Gasteiger partial charge in [-0.25, -0.2) is 4.79 Å². The molecule has 0 bridgehead atoms. The van der Waals surface area contributed by atoms with Crippen molar-refractivity contribution in [3.63, 3.8) is 0 Å². The van der Waals surface area contributed by atoms with Crippen molar-refractivity contribution in [2.75, 3.05) is 32.8 Å². The van der Waals surface area contributed by atoms with Crippen LogP contribution in [0.1, 0.15) is 130 Å². The van der Waals surface area contributed by atoms with Gasteiger partial charge in [-0.1, -0.05) is 90.4 Å². The third-order valence-electron chi connectivity index (χ3n) is 5.78. The van der Waals surface area contributed by atoms with Crippen LogP contribution in [0.5, 0.6) is 0 Å². The van der Waals surface area contributed by atoms with E-state index in [2.05, 4.69) is 17.6 Å². The number of hydrogen-bond donors (Lipinski definition) is 3. The molecule has 1 amide bonds. The summed E-state index contributed by atoms with van der Waals surface area (Å²) in [5, 5.41) is 16.0. The van der Waals surface area contributed by atoms with Crippen LogP contribution in [0.3, 0.4) is 0 Å². The van der Waals surface area contributed by atoms with E-state index in [1.54, 1.807) is 0 Å². The van der Waals surface area contributed by atoms with E-state index in [0.717, 1.165) is 32.4 Å². The van der Waals surface area contributed by atoms with Gasteiger partial charge in [0.1, 0.15) is 5.60 Å². The zero-order chi connectivity index (χ0) is 25.3. The first-order valence-corrected chi connectivity index (χ1v) is 14.3. The highest BCUT2D eigenvalue weighted by atomic mass is 16.6. The molecule has 1 unspecified atom stereocenters. The maximum absolute atomic E-state index is 11.5. The van der Waals surface area contributed by atoms with E-state index in [-0.39, 0.29) is 6.09 Å². The molecule has 0 radical (unpaired) electrons. The SMILES string of the molecule is CCCCCCCCCCCCCCCCOCC(O)CNCCCCNC(=O)OC(C)(C)C. The molecule has 0 aliphatic carbocycles. The third-order valence-corrected chi connectivity index (χ3v) is 5.78. The quantitative estimate of drug-likeness (QED) is 0.132. The van der Waals surface area contributed by atoms with Crippen LogP contribution in [0.25, 0.3) is 0 Å². The minimum Gasteiger partial charge on any atom is -0.444 e. The van der Waals surface area contributed by atoms with Crippen LogP contribution in [-0.2, 0) is 9.47 Å². The van der Waals surface area contributed by atoms with Crippen molar-refractivity contribution < 1.29 is 19.4 Å². The smallest absolute Gasteiger partial charge is 0.407 e. The fraction of sp³-hybridized carbons (Fsp3) is 0.964. The predicted octanol–water partition coefficient (Wildman–Crippen LogP) is 6.74. The Morgan fingerprint density at radius 1 is 0.765 bits per heavy atom. The second-order valence-electron chi connectivity index (χ2n) is 10.7. The number of carbonyl (C=O) groups excluding carboxylic acids is 1. The number of amides is 1. The summed E-state index contributed by atoms with van der Waals surface area (Å²) >= 11 is 0. The highest BCUT2D eigenvalue weighted by Crippen LogP contribution is 2.13. The van der Waals surface area contributed by atoms with E-state index in [4.69, 9.17) is 9.47 Å². The molecule has 0 aliphatic heterocycles. The van der Waals surface area contributed by atoms with Gasteiger partial charge >= 0.3 is 6.09 Å². The molecule has 1 atom stereocenters. The minimum atomic E-state index is -0.466. The van der Waals surface area contributed by atoms with E-state index in [0.29, 0.717) is 19.7 Å². The highest BCUT2D eigenvalue weighted by molar-refractivity contribution is 5.67. The molecular formula is C28H58N2O4. The van der Waals surface area contributed by atoms with Crippen LogP contribution >= 0.6 is 0 Å². The molecule has 0 aliphatic rings. The number of ether oxygens (including phenoxy) is 2. The average molecular weight is 487 g/mol. The fourth-order valence-corrected chi connectivity index (χ4v) is 3.83. The summed E-state index contributed by atoms with van der Waals surface area (Å²) < 4.78 is 10.8. The summed E-state index contributed by atoms with van der Waals surface area (Å²) in [6.45, 7) is 10.9. The zero-order valence-corrected chi connectivity index (χ0v) is 23.1. The average Bonchev–Trinajstić information content (AvgIpc) is 2.77. The minimum absolute atomic E-state index is 0.369. The van der Waals surface area contributed by atoms with Gasteiger partial charge < -0.3 is 25.2 Å². The molecule has 34 heavy (non-hydrogen) atoms. The van der Waals surface area contributed by atoms with E-state index in [9.17, 15) is 9.90 Å². The van der Waals surface area contributed by atoms with Crippen molar-refractivity contribution in [2.45, 2.75) is 142 Å². The Balaban J connectivity index is 3.24. The van der Waals surface area contributed by atoms with Crippen molar-refractivity contribution >= 4 is 6.09 Å². The first kappa shape index (κ1) is 33.1. The number of aliphatic hydroxyl groups excluding tert-OH is 1. The number of alkyl carbamates (subject to hydrolysis) is 1. The van der Waals surface area contributed by atoms with Crippen molar-refractivity contribution in [3.05, 3.63) is 0 Å². The Bertz CT molecular complexity index is 441. The van der Waals surface area contributed by atoms with Gasteiger partial charge in [0, 0.05) is 19.7 Å². The summed E-state index contributed by atoms with van der Waals surface area (Å²) in [6, 6.07) is 0. The Kier molecular flexibility index (Phi) is 23.3.